The first-order valence-electron chi connectivity index (χ1n) is 11.6. The number of thioether (sulfide) groups is 1. The number of aromatic nitrogens is 2. The molecule has 0 spiro atoms. The smallest absolute Gasteiger partial charge is 0.251 e. The third kappa shape index (κ3) is 5.58. The van der Waals surface area contributed by atoms with Crippen molar-refractivity contribution in [2.45, 2.75) is 23.1 Å². The minimum absolute atomic E-state index is 0.0240. The van der Waals surface area contributed by atoms with Gasteiger partial charge in [0.25, 0.3) is 5.91 Å². The summed E-state index contributed by atoms with van der Waals surface area (Å²) >= 11 is 1.72. The molecular formula is C25H30N4O3S. The third-order valence-electron chi connectivity index (χ3n) is 6.41. The molecule has 174 valence electrons. The highest BCUT2D eigenvalue weighted by Crippen LogP contribution is 2.24. The summed E-state index contributed by atoms with van der Waals surface area (Å²) < 4.78 is 13.2. The minimum Gasteiger partial charge on any atom is -0.381 e. The number of rotatable bonds is 8. The molecule has 2 aromatic heterocycles. The van der Waals surface area contributed by atoms with Crippen molar-refractivity contribution in [1.29, 1.82) is 0 Å². The van der Waals surface area contributed by atoms with Gasteiger partial charge in [0.05, 0.1) is 25.5 Å². The topological polar surface area (TPSA) is 68.1 Å². The van der Waals surface area contributed by atoms with Crippen molar-refractivity contribution in [1.82, 2.24) is 19.6 Å². The maximum Gasteiger partial charge on any atom is 0.251 e. The molecule has 33 heavy (non-hydrogen) atoms. The normalized spacial score (nSPS) is 20.2. The van der Waals surface area contributed by atoms with Gasteiger partial charge in [0, 0.05) is 66.8 Å². The van der Waals surface area contributed by atoms with Gasteiger partial charge >= 0.3 is 0 Å². The molecule has 1 N–H and O–H groups in total. The molecule has 7 nitrogen and oxygen atoms in total. The summed E-state index contributed by atoms with van der Waals surface area (Å²) in [6, 6.07) is 14.1. The highest BCUT2D eigenvalue weighted by Gasteiger charge is 2.31. The van der Waals surface area contributed by atoms with Crippen LogP contribution in [0.15, 0.2) is 59.8 Å². The van der Waals surface area contributed by atoms with E-state index in [1.807, 2.05) is 53.1 Å². The maximum atomic E-state index is 12.8. The van der Waals surface area contributed by atoms with E-state index in [0.717, 1.165) is 67.9 Å². The lowest BCUT2D eigenvalue weighted by molar-refractivity contribution is 0.00166. The second-order valence-electron chi connectivity index (χ2n) is 8.56. The predicted octanol–water partition coefficient (Wildman–Crippen LogP) is 3.09. The van der Waals surface area contributed by atoms with Gasteiger partial charge in [-0.2, -0.15) is 0 Å². The average molecular weight is 467 g/mol. The Labute approximate surface area is 198 Å². The van der Waals surface area contributed by atoms with E-state index in [-0.39, 0.29) is 5.91 Å². The monoisotopic (exact) mass is 466 g/mol. The second kappa shape index (κ2) is 10.7. The van der Waals surface area contributed by atoms with Crippen LogP contribution in [-0.4, -0.2) is 72.3 Å². The summed E-state index contributed by atoms with van der Waals surface area (Å²) in [4.78, 5) is 21.0. The molecule has 5 rings (SSSR count). The fourth-order valence-electron chi connectivity index (χ4n) is 4.58. The fraction of sp³-hybridized carbons (Fsp3) is 0.440. The van der Waals surface area contributed by atoms with Crippen LogP contribution in [0, 0.1) is 5.92 Å². The molecule has 0 aliphatic carbocycles. The Morgan fingerprint density at radius 3 is 2.73 bits per heavy atom. The summed E-state index contributed by atoms with van der Waals surface area (Å²) in [6.07, 6.45) is 5.12. The van der Waals surface area contributed by atoms with Crippen LogP contribution in [0.5, 0.6) is 0 Å². The first-order valence-corrected chi connectivity index (χ1v) is 12.6. The maximum absolute atomic E-state index is 12.8. The van der Waals surface area contributed by atoms with Crippen LogP contribution < -0.4 is 5.32 Å². The third-order valence-corrected chi connectivity index (χ3v) is 7.46. The van der Waals surface area contributed by atoms with Crippen LogP contribution in [0.4, 0.5) is 0 Å². The minimum atomic E-state index is -0.0240. The van der Waals surface area contributed by atoms with Gasteiger partial charge in [-0.3, -0.25) is 9.69 Å². The Morgan fingerprint density at radius 2 is 1.97 bits per heavy atom. The van der Waals surface area contributed by atoms with Gasteiger partial charge in [0.15, 0.2) is 0 Å². The molecule has 0 bridgehead atoms. The first kappa shape index (κ1) is 22.4. The van der Waals surface area contributed by atoms with E-state index in [9.17, 15) is 4.79 Å². The number of carbonyl (C=O) groups is 1. The van der Waals surface area contributed by atoms with E-state index in [4.69, 9.17) is 9.47 Å². The Balaban J connectivity index is 1.15. The lowest BCUT2D eigenvalue weighted by Gasteiger charge is -2.37. The Hall–Kier alpha value is -2.39. The van der Waals surface area contributed by atoms with Gasteiger partial charge in [-0.1, -0.05) is 6.07 Å². The molecule has 1 aromatic carbocycles. The summed E-state index contributed by atoms with van der Waals surface area (Å²) in [5, 5.41) is 3.17. The van der Waals surface area contributed by atoms with Crippen molar-refractivity contribution in [3.63, 3.8) is 0 Å². The van der Waals surface area contributed by atoms with E-state index < -0.39 is 0 Å². The zero-order valence-electron chi connectivity index (χ0n) is 18.7. The summed E-state index contributed by atoms with van der Waals surface area (Å²) in [5.41, 5.74) is 2.69. The van der Waals surface area contributed by atoms with Crippen molar-refractivity contribution in [2.75, 3.05) is 46.1 Å². The van der Waals surface area contributed by atoms with Gasteiger partial charge in [-0.15, -0.1) is 11.8 Å². The molecule has 2 aliphatic rings. The average Bonchev–Trinajstić information content (AvgIpc) is 3.54. The van der Waals surface area contributed by atoms with Crippen LogP contribution in [-0.2, 0) is 15.2 Å². The van der Waals surface area contributed by atoms with Crippen molar-refractivity contribution in [3.05, 3.63) is 66.1 Å². The van der Waals surface area contributed by atoms with Gasteiger partial charge in [-0.05, 0) is 42.8 Å². The number of hydrogen-bond acceptors (Lipinski definition) is 6. The van der Waals surface area contributed by atoms with Crippen molar-refractivity contribution in [3.8, 4) is 0 Å². The Kier molecular flexibility index (Phi) is 7.26. The molecule has 3 aromatic rings. The van der Waals surface area contributed by atoms with E-state index in [1.165, 1.54) is 0 Å². The number of nitrogens with zero attached hydrogens (tertiary/aromatic N) is 3. The molecule has 0 saturated carbocycles. The highest BCUT2D eigenvalue weighted by molar-refractivity contribution is 7.98. The summed E-state index contributed by atoms with van der Waals surface area (Å²) in [6.45, 7) is 5.56. The number of fused-ring (bicyclic) bond motifs is 1. The van der Waals surface area contributed by atoms with Crippen molar-refractivity contribution < 1.29 is 14.3 Å². The van der Waals surface area contributed by atoms with E-state index in [1.54, 1.807) is 11.8 Å². The zero-order chi connectivity index (χ0) is 22.5. The lowest BCUT2D eigenvalue weighted by Crippen LogP contribution is -2.52. The van der Waals surface area contributed by atoms with Crippen molar-refractivity contribution >= 4 is 23.3 Å². The molecule has 2 atom stereocenters. The van der Waals surface area contributed by atoms with Gasteiger partial charge in [0.2, 0.25) is 0 Å². The van der Waals surface area contributed by atoms with Crippen LogP contribution in [0.25, 0.3) is 5.65 Å². The van der Waals surface area contributed by atoms with Crippen LogP contribution in [0.1, 0.15) is 22.5 Å². The first-order chi connectivity index (χ1) is 16.3. The molecule has 2 fully saturated rings. The van der Waals surface area contributed by atoms with Gasteiger partial charge in [0.1, 0.15) is 5.65 Å². The van der Waals surface area contributed by atoms with E-state index in [0.29, 0.717) is 24.1 Å². The van der Waals surface area contributed by atoms with E-state index in [2.05, 4.69) is 21.4 Å². The molecule has 4 heterocycles. The van der Waals surface area contributed by atoms with E-state index >= 15 is 0 Å². The van der Waals surface area contributed by atoms with Crippen LogP contribution in [0.3, 0.4) is 0 Å². The second-order valence-corrected chi connectivity index (χ2v) is 9.61. The molecule has 2 unspecified atom stereocenters. The fourth-order valence-corrected chi connectivity index (χ4v) is 5.36. The van der Waals surface area contributed by atoms with Crippen LogP contribution >= 0.6 is 11.8 Å². The number of pyridine rings is 1. The number of benzene rings is 1. The molecule has 2 aliphatic heterocycles. The Morgan fingerprint density at radius 1 is 1.12 bits per heavy atom. The quantitative estimate of drug-likeness (QED) is 0.515. The largest absolute Gasteiger partial charge is 0.381 e. The highest BCUT2D eigenvalue weighted by atomic mass is 32.2. The standard InChI is InChI=1S/C25H30N4O3S/c30-25(26-15-23(20-8-12-32-17-20)28-10-13-31-14-11-28)19-4-6-22(7-5-19)33-18-21-16-29-9-2-1-3-24(29)27-21/h1-7,9,16,20,23H,8,10-15,17-18H2,(H,26,30). The predicted molar refractivity (Wildman–Crippen MR) is 129 cm³/mol. The summed E-state index contributed by atoms with van der Waals surface area (Å²) in [7, 11) is 0. The number of morpholine rings is 1. The lowest BCUT2D eigenvalue weighted by atomic mass is 9.96. The number of carbonyl (C=O) groups excluding carboxylic acids is 1. The van der Waals surface area contributed by atoms with Gasteiger partial charge in [-0.25, -0.2) is 4.98 Å². The van der Waals surface area contributed by atoms with Crippen molar-refractivity contribution in [2.24, 2.45) is 5.92 Å². The SMILES string of the molecule is O=C(NCC(C1CCOC1)N1CCOCC1)c1ccc(SCc2cn3ccccc3n2)cc1. The number of ether oxygens (including phenoxy) is 2. The van der Waals surface area contributed by atoms with Crippen LogP contribution in [0.2, 0.25) is 0 Å². The number of amides is 1. The molecule has 1 amide bonds. The molecule has 2 saturated heterocycles. The summed E-state index contributed by atoms with van der Waals surface area (Å²) in [5.74, 6) is 1.23. The Bertz CT molecular complexity index is 1030. The molecular weight excluding hydrogens is 436 g/mol. The number of nitrogens with one attached hydrogen (secondary N) is 1. The zero-order valence-corrected chi connectivity index (χ0v) is 19.5. The van der Waals surface area contributed by atoms with Gasteiger partial charge < -0.3 is 19.2 Å². The molecule has 8 heteroatoms. The number of hydrogen-bond donors (Lipinski definition) is 1. The number of imidazole rings is 1. The molecule has 0 radical (unpaired) electrons.